The molecule has 0 aliphatic carbocycles. The first kappa shape index (κ1) is 42.8. The minimum absolute atomic E-state index is 0.0115. The van der Waals surface area contributed by atoms with Crippen molar-refractivity contribution in [2.75, 3.05) is 65.6 Å². The number of hydrogen-bond donors (Lipinski definition) is 0. The number of rotatable bonds is 24. The second-order valence-electron chi connectivity index (χ2n) is 15.2. The predicted octanol–water partition coefficient (Wildman–Crippen LogP) is 2.45. The van der Waals surface area contributed by atoms with Gasteiger partial charge in [0, 0.05) is 131 Å². The summed E-state index contributed by atoms with van der Waals surface area (Å²) in [5.74, 6) is 3.37. The molecule has 0 N–H and O–H groups in total. The molecule has 0 amide bonds. The predicted molar refractivity (Wildman–Crippen MR) is 213 cm³/mol. The van der Waals surface area contributed by atoms with E-state index in [4.69, 9.17) is 9.47 Å². The van der Waals surface area contributed by atoms with Crippen LogP contribution in [0.5, 0.6) is 0 Å². The summed E-state index contributed by atoms with van der Waals surface area (Å²) < 4.78 is 19.3. The molecule has 16 heteroatoms. The average Bonchev–Trinajstić information content (AvgIpc) is 3.98. The lowest BCUT2D eigenvalue weighted by molar-refractivity contribution is -0.143. The second-order valence-corrected chi connectivity index (χ2v) is 15.2. The molecule has 5 rings (SSSR count). The van der Waals surface area contributed by atoms with Crippen molar-refractivity contribution in [3.63, 3.8) is 0 Å². The Morgan fingerprint density at radius 3 is 1.21 bits per heavy atom. The number of ether oxygens (including phenoxy) is 2. The number of carbonyl (C=O) groups is 2. The molecule has 1 saturated heterocycles. The zero-order valence-electron chi connectivity index (χ0n) is 34.5. The van der Waals surface area contributed by atoms with E-state index in [-0.39, 0.29) is 24.0 Å². The van der Waals surface area contributed by atoms with Crippen LogP contribution in [0, 0.1) is 0 Å². The molecule has 4 aromatic heterocycles. The third-order valence-electron chi connectivity index (χ3n) is 11.0. The number of imidazole rings is 4. The molecule has 0 saturated carbocycles. The maximum atomic E-state index is 11.8. The highest BCUT2D eigenvalue weighted by atomic mass is 16.5. The number of esters is 2. The molecule has 0 unspecified atom stereocenters. The van der Waals surface area contributed by atoms with Crippen molar-refractivity contribution in [2.24, 2.45) is 28.2 Å². The lowest BCUT2D eigenvalue weighted by atomic mass is 10.1. The molecular formula is C40H64N12O4. The molecule has 5 heterocycles. The smallest absolute Gasteiger partial charge is 0.302 e. The normalized spacial score (nSPS) is 15.1. The molecule has 0 bridgehead atoms. The molecule has 2 atom stereocenters. The zero-order chi connectivity index (χ0) is 39.9. The largest absolute Gasteiger partial charge is 0.464 e. The number of aryl methyl sites for hydroxylation is 4. The summed E-state index contributed by atoms with van der Waals surface area (Å²) in [7, 11) is 8.05. The number of unbranched alkanes of at least 4 members (excludes halogenated alkanes) is 2. The number of nitrogens with zero attached hydrogens (tertiary/aromatic N) is 12. The Balaban J connectivity index is 1.08. The van der Waals surface area contributed by atoms with Crippen molar-refractivity contribution >= 4 is 11.9 Å². The van der Waals surface area contributed by atoms with Gasteiger partial charge in [-0.1, -0.05) is 0 Å². The minimum Gasteiger partial charge on any atom is -0.464 e. The maximum Gasteiger partial charge on any atom is 0.302 e. The quantitative estimate of drug-likeness (QED) is 0.0764. The van der Waals surface area contributed by atoms with E-state index in [1.54, 1.807) is 0 Å². The van der Waals surface area contributed by atoms with E-state index < -0.39 is 0 Å². The Bertz CT molecular complexity index is 1630. The van der Waals surface area contributed by atoms with Crippen LogP contribution in [0.15, 0.2) is 49.6 Å². The van der Waals surface area contributed by atoms with E-state index in [1.165, 1.54) is 13.8 Å². The molecule has 1 aliphatic rings. The summed E-state index contributed by atoms with van der Waals surface area (Å²) in [6.07, 6.45) is 20.8. The summed E-state index contributed by atoms with van der Waals surface area (Å²) in [6.45, 7) is 13.1. The average molecular weight is 777 g/mol. The molecule has 4 aromatic rings. The van der Waals surface area contributed by atoms with Gasteiger partial charge in [-0.05, 0) is 51.9 Å². The number of hydrogen-bond acceptors (Lipinski definition) is 12. The number of carbonyl (C=O) groups excluding carboxylic acids is 2. The zero-order valence-corrected chi connectivity index (χ0v) is 34.5. The van der Waals surface area contributed by atoms with E-state index in [2.05, 4.69) is 48.7 Å². The van der Waals surface area contributed by atoms with Crippen molar-refractivity contribution in [1.82, 2.24) is 57.8 Å². The lowest BCUT2D eigenvalue weighted by Gasteiger charge is -2.35. The molecule has 0 radical (unpaired) electrons. The summed E-state index contributed by atoms with van der Waals surface area (Å²) in [6, 6.07) is -0.0230. The van der Waals surface area contributed by atoms with Gasteiger partial charge in [-0.25, -0.2) is 19.9 Å². The Kier molecular flexibility index (Phi) is 16.6. The highest BCUT2D eigenvalue weighted by molar-refractivity contribution is 5.66. The monoisotopic (exact) mass is 777 g/mol. The summed E-state index contributed by atoms with van der Waals surface area (Å²) in [4.78, 5) is 52.0. The van der Waals surface area contributed by atoms with Gasteiger partial charge in [-0.2, -0.15) is 0 Å². The van der Waals surface area contributed by atoms with Crippen molar-refractivity contribution in [3.05, 3.63) is 72.9 Å². The van der Waals surface area contributed by atoms with Gasteiger partial charge in [0.05, 0.1) is 25.2 Å². The van der Waals surface area contributed by atoms with Crippen molar-refractivity contribution in [3.8, 4) is 0 Å². The fourth-order valence-electron chi connectivity index (χ4n) is 7.40. The van der Waals surface area contributed by atoms with Crippen molar-refractivity contribution < 1.29 is 19.1 Å². The van der Waals surface area contributed by atoms with Crippen LogP contribution in [0.4, 0.5) is 0 Å². The van der Waals surface area contributed by atoms with E-state index in [1.807, 2.05) is 86.9 Å². The van der Waals surface area contributed by atoms with E-state index in [0.29, 0.717) is 39.1 Å². The van der Waals surface area contributed by atoms with Crippen molar-refractivity contribution in [2.45, 2.75) is 77.5 Å². The third kappa shape index (κ3) is 13.4. The minimum atomic E-state index is -0.269. The highest BCUT2D eigenvalue weighted by Gasteiger charge is 2.26. The van der Waals surface area contributed by atoms with E-state index in [9.17, 15) is 9.59 Å². The molecule has 1 fully saturated rings. The van der Waals surface area contributed by atoms with E-state index in [0.717, 1.165) is 101 Å². The molecule has 1 aliphatic heterocycles. The van der Waals surface area contributed by atoms with Crippen LogP contribution in [-0.4, -0.2) is 147 Å². The molecule has 0 aromatic carbocycles. The van der Waals surface area contributed by atoms with Crippen LogP contribution in [-0.2, 0) is 73.2 Å². The first-order chi connectivity index (χ1) is 27.0. The SMILES string of the molecule is CC(=O)OC[C@H](Cc1nccn1C)N(CCCCN1CCN(CCCCN(Cc2nccn2C)[C@H](COC(C)=O)Cc2nccn2C)CC1)Cc1nccn1C. The Labute approximate surface area is 332 Å². The van der Waals surface area contributed by atoms with Gasteiger partial charge in [-0.3, -0.25) is 19.4 Å². The van der Waals surface area contributed by atoms with Crippen LogP contribution in [0.3, 0.4) is 0 Å². The van der Waals surface area contributed by atoms with Gasteiger partial charge in [-0.15, -0.1) is 0 Å². The fourth-order valence-corrected chi connectivity index (χ4v) is 7.40. The van der Waals surface area contributed by atoms with Crippen LogP contribution >= 0.6 is 0 Å². The molecule has 16 nitrogen and oxygen atoms in total. The van der Waals surface area contributed by atoms with Crippen LogP contribution in [0.1, 0.15) is 62.8 Å². The first-order valence-electron chi connectivity index (χ1n) is 20.1. The van der Waals surface area contributed by atoms with E-state index >= 15 is 0 Å². The number of aromatic nitrogens is 8. The lowest BCUT2D eigenvalue weighted by Crippen LogP contribution is -2.47. The topological polar surface area (TPSA) is 137 Å². The molecule has 308 valence electrons. The third-order valence-corrected chi connectivity index (χ3v) is 11.0. The second kappa shape index (κ2) is 21.8. The van der Waals surface area contributed by atoms with Gasteiger partial charge in [0.1, 0.15) is 36.5 Å². The van der Waals surface area contributed by atoms with Crippen LogP contribution < -0.4 is 0 Å². The summed E-state index contributed by atoms with van der Waals surface area (Å²) in [5.41, 5.74) is 0. The number of piperazine rings is 1. The van der Waals surface area contributed by atoms with Crippen LogP contribution in [0.25, 0.3) is 0 Å². The highest BCUT2D eigenvalue weighted by Crippen LogP contribution is 2.17. The summed E-state index contributed by atoms with van der Waals surface area (Å²) >= 11 is 0. The molecule has 56 heavy (non-hydrogen) atoms. The van der Waals surface area contributed by atoms with Gasteiger partial charge < -0.3 is 37.5 Å². The van der Waals surface area contributed by atoms with Crippen molar-refractivity contribution in [1.29, 1.82) is 0 Å². The Morgan fingerprint density at radius 2 is 0.911 bits per heavy atom. The Hall–Kier alpha value is -4.38. The fraction of sp³-hybridized carbons (Fsp3) is 0.650. The first-order valence-corrected chi connectivity index (χ1v) is 20.1. The molecule has 0 spiro atoms. The van der Waals surface area contributed by atoms with Gasteiger partial charge >= 0.3 is 11.9 Å². The molecular weight excluding hydrogens is 713 g/mol. The summed E-state index contributed by atoms with van der Waals surface area (Å²) in [5, 5.41) is 0. The van der Waals surface area contributed by atoms with Gasteiger partial charge in [0.15, 0.2) is 0 Å². The van der Waals surface area contributed by atoms with Gasteiger partial charge in [0.2, 0.25) is 0 Å². The standard InChI is InChI=1S/C40H64N12O4/c1-33(53)55-31-35(27-37-41-11-19-45(37)3)51(29-39-43-13-21-47(39)5)17-9-7-15-49-23-25-50(26-24-49)16-8-10-18-52(30-40-44-14-22-48(40)6)36(32-56-34(2)54)28-38-42-12-20-46(38)4/h11-14,19-22,35-36H,7-10,15-18,23-32H2,1-6H3/t35-,36-/m0/s1. The van der Waals surface area contributed by atoms with Gasteiger partial charge in [0.25, 0.3) is 0 Å². The van der Waals surface area contributed by atoms with Crippen LogP contribution in [0.2, 0.25) is 0 Å². The maximum absolute atomic E-state index is 11.8. The Morgan fingerprint density at radius 1 is 0.571 bits per heavy atom.